The van der Waals surface area contributed by atoms with E-state index in [4.69, 9.17) is 0 Å². The van der Waals surface area contributed by atoms with Gasteiger partial charge in [-0.05, 0) is 78.1 Å². The van der Waals surface area contributed by atoms with Gasteiger partial charge in [0, 0.05) is 43.5 Å². The van der Waals surface area contributed by atoms with Crippen LogP contribution in [0, 0.1) is 0 Å². The zero-order chi connectivity index (χ0) is 33.6. The fourth-order valence-corrected chi connectivity index (χ4v) is 7.19. The largest absolute Gasteiger partial charge is 0.367 e. The van der Waals surface area contributed by atoms with Crippen LogP contribution < -0.4 is 9.80 Å². The average molecular weight is 671 g/mol. The molecule has 5 aromatic rings. The topological polar surface area (TPSA) is 115 Å². The van der Waals surface area contributed by atoms with Crippen molar-refractivity contribution in [1.29, 1.82) is 0 Å². The normalized spacial score (nSPS) is 12.4. The molecule has 8 nitrogen and oxygen atoms in total. The molecule has 244 valence electrons. The van der Waals surface area contributed by atoms with Gasteiger partial charge >= 0.3 is 0 Å². The third kappa shape index (κ3) is 8.28. The number of hydrogen-bond donors (Lipinski definition) is 2. The minimum Gasteiger partial charge on any atom is -0.367 e. The van der Waals surface area contributed by atoms with E-state index in [0.29, 0.717) is 19.6 Å². The Kier molecular flexibility index (Phi) is 10.5. The SMILES string of the molecule is CCN(Cc1ccccc1)c1ccc(C(c2cccc(N(CC)Cc3ccccc3)c2)c2ccc(S(=O)(=O)O)cc2S(=O)(=O)O)cc1. The second-order valence-corrected chi connectivity index (χ2v) is 14.1. The molecule has 0 saturated carbocycles. The maximum Gasteiger partial charge on any atom is 0.294 e. The minimum absolute atomic E-state index is 0.174. The first kappa shape index (κ1) is 33.9. The zero-order valence-electron chi connectivity index (χ0n) is 26.3. The van der Waals surface area contributed by atoms with Gasteiger partial charge in [-0.3, -0.25) is 9.11 Å². The molecule has 0 spiro atoms. The highest BCUT2D eigenvalue weighted by Crippen LogP contribution is 2.39. The van der Waals surface area contributed by atoms with Crippen molar-refractivity contribution < 1.29 is 25.9 Å². The van der Waals surface area contributed by atoms with E-state index in [0.717, 1.165) is 46.7 Å². The highest BCUT2D eigenvalue weighted by Gasteiger charge is 2.28. The van der Waals surface area contributed by atoms with Crippen LogP contribution in [0.3, 0.4) is 0 Å². The van der Waals surface area contributed by atoms with Crippen molar-refractivity contribution in [3.8, 4) is 0 Å². The highest BCUT2D eigenvalue weighted by atomic mass is 32.2. The number of nitrogens with zero attached hydrogens (tertiary/aromatic N) is 2. The molecule has 0 saturated heterocycles. The van der Waals surface area contributed by atoms with Gasteiger partial charge in [0.05, 0.1) is 9.79 Å². The summed E-state index contributed by atoms with van der Waals surface area (Å²) < 4.78 is 69.4. The van der Waals surface area contributed by atoms with E-state index in [1.54, 1.807) is 0 Å². The van der Waals surface area contributed by atoms with Gasteiger partial charge in [-0.15, -0.1) is 0 Å². The summed E-state index contributed by atoms with van der Waals surface area (Å²) in [6.07, 6.45) is 0. The molecule has 0 aliphatic carbocycles. The van der Waals surface area contributed by atoms with E-state index in [9.17, 15) is 25.9 Å². The van der Waals surface area contributed by atoms with Gasteiger partial charge in [-0.25, -0.2) is 0 Å². The first-order chi connectivity index (χ1) is 22.5. The van der Waals surface area contributed by atoms with E-state index in [1.807, 2.05) is 84.9 Å². The summed E-state index contributed by atoms with van der Waals surface area (Å²) in [6.45, 7) is 6.98. The molecule has 1 atom stereocenters. The lowest BCUT2D eigenvalue weighted by Crippen LogP contribution is -2.22. The molecule has 0 radical (unpaired) electrons. The average Bonchev–Trinajstić information content (AvgIpc) is 3.07. The van der Waals surface area contributed by atoms with E-state index in [2.05, 4.69) is 47.9 Å². The van der Waals surface area contributed by atoms with Gasteiger partial charge < -0.3 is 9.80 Å². The molecule has 0 aliphatic rings. The second kappa shape index (κ2) is 14.5. The van der Waals surface area contributed by atoms with Crippen molar-refractivity contribution in [1.82, 2.24) is 0 Å². The summed E-state index contributed by atoms with van der Waals surface area (Å²) in [4.78, 5) is 3.20. The quantitative estimate of drug-likeness (QED) is 0.0983. The number of anilines is 2. The number of benzene rings is 5. The van der Waals surface area contributed by atoms with Gasteiger partial charge in [0.2, 0.25) is 0 Å². The summed E-state index contributed by atoms with van der Waals surface area (Å²) in [5.41, 5.74) is 5.84. The Hall–Kier alpha value is -4.48. The standard InChI is InChI=1S/C37H38N2O6S2/c1-3-38(26-28-12-7-5-8-13-28)32-20-18-30(19-21-32)37(35-23-22-34(46(40,41)42)25-36(35)47(43,44)45)31-16-11-17-33(24-31)39(4-2)27-29-14-9-6-10-15-29/h5-25,37H,3-4,26-27H2,1-2H3,(H,40,41,42)(H,43,44,45). The zero-order valence-corrected chi connectivity index (χ0v) is 27.9. The molecular weight excluding hydrogens is 633 g/mol. The van der Waals surface area contributed by atoms with Crippen molar-refractivity contribution >= 4 is 31.6 Å². The van der Waals surface area contributed by atoms with E-state index >= 15 is 0 Å². The summed E-state index contributed by atoms with van der Waals surface area (Å²) in [7, 11) is -9.64. The van der Waals surface area contributed by atoms with Crippen LogP contribution in [-0.4, -0.2) is 39.0 Å². The predicted octanol–water partition coefficient (Wildman–Crippen LogP) is 7.41. The smallest absolute Gasteiger partial charge is 0.294 e. The van der Waals surface area contributed by atoms with Crippen LogP contribution in [0.2, 0.25) is 0 Å². The van der Waals surface area contributed by atoms with Crippen molar-refractivity contribution in [2.24, 2.45) is 0 Å². The van der Waals surface area contributed by atoms with Crippen LogP contribution in [0.5, 0.6) is 0 Å². The third-order valence-corrected chi connectivity index (χ3v) is 9.99. The molecule has 0 heterocycles. The van der Waals surface area contributed by atoms with Crippen LogP contribution in [0.1, 0.15) is 47.6 Å². The molecule has 5 aromatic carbocycles. The van der Waals surface area contributed by atoms with Crippen LogP contribution in [-0.2, 0) is 33.3 Å². The Morgan fingerprint density at radius 2 is 1.11 bits per heavy atom. The Labute approximate surface area is 277 Å². The number of hydrogen-bond acceptors (Lipinski definition) is 6. The van der Waals surface area contributed by atoms with Crippen LogP contribution >= 0.6 is 0 Å². The summed E-state index contributed by atoms with van der Waals surface area (Å²) >= 11 is 0. The maximum atomic E-state index is 12.7. The molecule has 5 rings (SSSR count). The fraction of sp³-hybridized carbons (Fsp3) is 0.189. The van der Waals surface area contributed by atoms with Gasteiger partial charge in [-0.2, -0.15) is 16.8 Å². The van der Waals surface area contributed by atoms with E-state index in [-0.39, 0.29) is 5.56 Å². The Balaban J connectivity index is 1.63. The Morgan fingerprint density at radius 3 is 1.62 bits per heavy atom. The fourth-order valence-electron chi connectivity index (χ4n) is 5.85. The van der Waals surface area contributed by atoms with Crippen LogP contribution in [0.25, 0.3) is 0 Å². The van der Waals surface area contributed by atoms with Crippen LogP contribution in [0.4, 0.5) is 11.4 Å². The molecule has 0 aromatic heterocycles. The monoisotopic (exact) mass is 670 g/mol. The first-order valence-electron chi connectivity index (χ1n) is 15.3. The van der Waals surface area contributed by atoms with Crippen LogP contribution in [0.15, 0.2) is 137 Å². The molecule has 10 heteroatoms. The van der Waals surface area contributed by atoms with E-state index in [1.165, 1.54) is 11.6 Å². The second-order valence-electron chi connectivity index (χ2n) is 11.3. The van der Waals surface area contributed by atoms with Gasteiger partial charge in [-0.1, -0.05) is 91.0 Å². The van der Waals surface area contributed by atoms with Crippen molar-refractivity contribution in [3.05, 3.63) is 155 Å². The molecule has 0 bridgehead atoms. The highest BCUT2D eigenvalue weighted by molar-refractivity contribution is 7.86. The third-order valence-electron chi connectivity index (χ3n) is 8.23. The summed E-state index contributed by atoms with van der Waals surface area (Å²) in [6, 6.07) is 39.1. The lowest BCUT2D eigenvalue weighted by Gasteiger charge is -2.27. The summed E-state index contributed by atoms with van der Waals surface area (Å²) in [5, 5.41) is 0. The molecule has 0 aliphatic heterocycles. The lowest BCUT2D eigenvalue weighted by atomic mass is 9.84. The van der Waals surface area contributed by atoms with Crippen molar-refractivity contribution in [2.75, 3.05) is 22.9 Å². The van der Waals surface area contributed by atoms with Gasteiger partial charge in [0.25, 0.3) is 20.2 Å². The number of rotatable bonds is 13. The predicted molar refractivity (Wildman–Crippen MR) is 186 cm³/mol. The van der Waals surface area contributed by atoms with E-state index < -0.39 is 35.9 Å². The first-order valence-corrected chi connectivity index (χ1v) is 18.2. The molecular formula is C37H38N2O6S2. The van der Waals surface area contributed by atoms with Gasteiger partial charge in [0.15, 0.2) is 0 Å². The molecule has 2 N–H and O–H groups in total. The summed E-state index contributed by atoms with van der Waals surface area (Å²) in [5.74, 6) is -0.712. The maximum absolute atomic E-state index is 12.7. The Bertz CT molecular complexity index is 2020. The minimum atomic E-state index is -4.90. The van der Waals surface area contributed by atoms with Crippen molar-refractivity contribution in [2.45, 2.75) is 42.6 Å². The lowest BCUT2D eigenvalue weighted by molar-refractivity contribution is 0.480. The molecule has 0 fully saturated rings. The Morgan fingerprint density at radius 1 is 0.553 bits per heavy atom. The molecule has 1 unspecified atom stereocenters. The van der Waals surface area contributed by atoms with Gasteiger partial charge in [0.1, 0.15) is 0 Å². The molecule has 0 amide bonds. The molecule has 47 heavy (non-hydrogen) atoms. The van der Waals surface area contributed by atoms with Crippen molar-refractivity contribution in [3.63, 3.8) is 0 Å².